The van der Waals surface area contributed by atoms with Gasteiger partial charge in [-0.05, 0) is 18.2 Å². The number of fused-ring (bicyclic) bond motifs is 1. The SMILES string of the molecule is O=S(=O)(Nc1nccn2ccnc12)c1ccc(F)c(Cl)c1. The molecule has 0 saturated heterocycles. The maximum atomic E-state index is 13.1. The van der Waals surface area contributed by atoms with Crippen molar-refractivity contribution in [1.29, 1.82) is 0 Å². The number of benzene rings is 1. The van der Waals surface area contributed by atoms with Gasteiger partial charge in [-0.25, -0.2) is 22.8 Å². The zero-order valence-corrected chi connectivity index (χ0v) is 11.9. The normalized spacial score (nSPS) is 11.7. The molecule has 3 rings (SSSR count). The third-order valence-corrected chi connectivity index (χ3v) is 4.37. The van der Waals surface area contributed by atoms with Crippen molar-refractivity contribution in [2.75, 3.05) is 4.72 Å². The summed E-state index contributed by atoms with van der Waals surface area (Å²) in [6.45, 7) is 0. The van der Waals surface area contributed by atoms with Crippen molar-refractivity contribution in [3.8, 4) is 0 Å². The first-order chi connectivity index (χ1) is 9.97. The fourth-order valence-electron chi connectivity index (χ4n) is 1.76. The number of nitrogens with zero attached hydrogens (tertiary/aromatic N) is 3. The number of hydrogen-bond donors (Lipinski definition) is 1. The molecule has 0 aliphatic rings. The molecule has 0 radical (unpaired) electrons. The van der Waals surface area contributed by atoms with Gasteiger partial charge in [-0.3, -0.25) is 4.72 Å². The second-order valence-corrected chi connectivity index (χ2v) is 6.20. The second kappa shape index (κ2) is 4.97. The first-order valence-electron chi connectivity index (χ1n) is 5.73. The van der Waals surface area contributed by atoms with E-state index in [1.165, 1.54) is 12.4 Å². The van der Waals surface area contributed by atoms with Crippen LogP contribution < -0.4 is 4.72 Å². The fraction of sp³-hybridized carbons (Fsp3) is 0. The predicted molar refractivity (Wildman–Crippen MR) is 75.2 cm³/mol. The highest BCUT2D eigenvalue weighted by molar-refractivity contribution is 7.92. The molecule has 0 bridgehead atoms. The lowest BCUT2D eigenvalue weighted by molar-refractivity contribution is 0.599. The Hall–Kier alpha value is -2.19. The van der Waals surface area contributed by atoms with Crippen LogP contribution in [0.1, 0.15) is 0 Å². The van der Waals surface area contributed by atoms with Gasteiger partial charge in [0.2, 0.25) is 0 Å². The Morgan fingerprint density at radius 3 is 2.62 bits per heavy atom. The summed E-state index contributed by atoms with van der Waals surface area (Å²) >= 11 is 5.60. The molecule has 0 aliphatic heterocycles. The molecule has 0 unspecified atom stereocenters. The summed E-state index contributed by atoms with van der Waals surface area (Å²) in [5, 5.41) is -0.273. The molecule has 0 spiro atoms. The fourth-order valence-corrected chi connectivity index (χ4v) is 3.04. The van der Waals surface area contributed by atoms with Crippen molar-refractivity contribution >= 4 is 33.1 Å². The number of sulfonamides is 1. The van der Waals surface area contributed by atoms with Gasteiger partial charge in [0.1, 0.15) is 5.82 Å². The first kappa shape index (κ1) is 13.8. The van der Waals surface area contributed by atoms with Crippen molar-refractivity contribution < 1.29 is 12.8 Å². The van der Waals surface area contributed by atoms with Gasteiger partial charge in [0.25, 0.3) is 10.0 Å². The van der Waals surface area contributed by atoms with Crippen molar-refractivity contribution in [2.24, 2.45) is 0 Å². The van der Waals surface area contributed by atoms with Crippen LogP contribution in [0, 0.1) is 5.82 Å². The van der Waals surface area contributed by atoms with E-state index in [2.05, 4.69) is 14.7 Å². The van der Waals surface area contributed by atoms with Crippen LogP contribution in [0.2, 0.25) is 5.02 Å². The summed E-state index contributed by atoms with van der Waals surface area (Å²) < 4.78 is 41.6. The standard InChI is InChI=1S/C12H8ClFN4O2S/c13-9-7-8(1-2-10(9)14)21(19,20)17-11-12-16-4-6-18(12)5-3-15-11/h1-7H,(H,15,17). The Bertz CT molecular complexity index is 926. The van der Waals surface area contributed by atoms with Gasteiger partial charge >= 0.3 is 0 Å². The van der Waals surface area contributed by atoms with Crippen LogP contribution in [0.15, 0.2) is 47.9 Å². The number of nitrogens with one attached hydrogen (secondary N) is 1. The minimum Gasteiger partial charge on any atom is -0.302 e. The molecule has 21 heavy (non-hydrogen) atoms. The highest BCUT2D eigenvalue weighted by atomic mass is 35.5. The summed E-state index contributed by atoms with van der Waals surface area (Å²) in [5.41, 5.74) is 0.356. The van der Waals surface area contributed by atoms with E-state index in [-0.39, 0.29) is 15.7 Å². The van der Waals surface area contributed by atoms with E-state index in [1.54, 1.807) is 16.8 Å². The number of rotatable bonds is 3. The average Bonchev–Trinajstić information content (AvgIpc) is 2.91. The third-order valence-electron chi connectivity index (χ3n) is 2.74. The van der Waals surface area contributed by atoms with Gasteiger partial charge in [-0.1, -0.05) is 11.6 Å². The lowest BCUT2D eigenvalue weighted by Gasteiger charge is -2.08. The molecule has 1 N–H and O–H groups in total. The minimum absolute atomic E-state index is 0.0722. The molecule has 2 aromatic heterocycles. The zero-order chi connectivity index (χ0) is 15.0. The van der Waals surface area contributed by atoms with Gasteiger partial charge in [0.05, 0.1) is 9.92 Å². The van der Waals surface area contributed by atoms with Gasteiger partial charge in [-0.15, -0.1) is 0 Å². The number of hydrogen-bond acceptors (Lipinski definition) is 4. The van der Waals surface area contributed by atoms with E-state index >= 15 is 0 Å². The molecule has 108 valence electrons. The summed E-state index contributed by atoms with van der Waals surface area (Å²) in [4.78, 5) is 7.80. The van der Waals surface area contributed by atoms with Crippen molar-refractivity contribution in [2.45, 2.75) is 4.90 Å². The molecule has 0 atom stereocenters. The Morgan fingerprint density at radius 2 is 1.90 bits per heavy atom. The molecular formula is C12H8ClFN4O2S. The lowest BCUT2D eigenvalue weighted by Crippen LogP contribution is -2.15. The molecule has 0 amide bonds. The number of anilines is 1. The maximum absolute atomic E-state index is 13.1. The molecular weight excluding hydrogens is 319 g/mol. The summed E-state index contributed by atoms with van der Waals surface area (Å²) in [5.74, 6) is -0.618. The lowest BCUT2D eigenvalue weighted by atomic mass is 10.3. The first-order valence-corrected chi connectivity index (χ1v) is 7.59. The topological polar surface area (TPSA) is 76.4 Å². The molecule has 3 aromatic rings. The quantitative estimate of drug-likeness (QED) is 0.801. The summed E-state index contributed by atoms with van der Waals surface area (Å²) in [6.07, 6.45) is 6.24. The van der Waals surface area contributed by atoms with E-state index < -0.39 is 15.8 Å². The Morgan fingerprint density at radius 1 is 1.19 bits per heavy atom. The summed E-state index contributed by atoms with van der Waals surface area (Å²) in [7, 11) is -3.94. The number of aromatic nitrogens is 3. The maximum Gasteiger partial charge on any atom is 0.263 e. The number of imidazole rings is 1. The van der Waals surface area contributed by atoms with E-state index in [9.17, 15) is 12.8 Å². The van der Waals surface area contributed by atoms with Crippen LogP contribution in [0.4, 0.5) is 10.2 Å². The van der Waals surface area contributed by atoms with Crippen LogP contribution in [-0.2, 0) is 10.0 Å². The highest BCUT2D eigenvalue weighted by Gasteiger charge is 2.18. The second-order valence-electron chi connectivity index (χ2n) is 4.12. The van der Waals surface area contributed by atoms with Crippen LogP contribution in [0.5, 0.6) is 0 Å². The molecule has 1 aromatic carbocycles. The van der Waals surface area contributed by atoms with Gasteiger partial charge < -0.3 is 4.40 Å². The molecule has 9 heteroatoms. The average molecular weight is 327 g/mol. The Balaban J connectivity index is 2.03. The predicted octanol–water partition coefficient (Wildman–Crippen LogP) is 2.32. The molecule has 6 nitrogen and oxygen atoms in total. The highest BCUT2D eigenvalue weighted by Crippen LogP contribution is 2.22. The third kappa shape index (κ3) is 2.55. The van der Waals surface area contributed by atoms with Crippen molar-refractivity contribution in [3.05, 3.63) is 53.8 Å². The molecule has 0 aliphatic carbocycles. The van der Waals surface area contributed by atoms with Gasteiger partial charge in [-0.2, -0.15) is 0 Å². The van der Waals surface area contributed by atoms with Crippen molar-refractivity contribution in [3.63, 3.8) is 0 Å². The van der Waals surface area contributed by atoms with Crippen LogP contribution in [0.25, 0.3) is 5.65 Å². The van der Waals surface area contributed by atoms with E-state index in [0.29, 0.717) is 5.65 Å². The van der Waals surface area contributed by atoms with Crippen LogP contribution in [-0.4, -0.2) is 22.8 Å². The van der Waals surface area contributed by atoms with Crippen LogP contribution in [0.3, 0.4) is 0 Å². The molecule has 2 heterocycles. The largest absolute Gasteiger partial charge is 0.302 e. The summed E-state index contributed by atoms with van der Waals surface area (Å²) in [6, 6.07) is 3.14. The van der Waals surface area contributed by atoms with Crippen molar-refractivity contribution in [1.82, 2.24) is 14.4 Å². The Labute approximate surface area is 124 Å². The van der Waals surface area contributed by atoms with E-state index in [0.717, 1.165) is 18.2 Å². The smallest absolute Gasteiger partial charge is 0.263 e. The number of halogens is 2. The van der Waals surface area contributed by atoms with Gasteiger partial charge in [0, 0.05) is 24.8 Å². The van der Waals surface area contributed by atoms with E-state index in [4.69, 9.17) is 11.6 Å². The zero-order valence-electron chi connectivity index (χ0n) is 10.4. The Kier molecular flexibility index (Phi) is 3.26. The molecule has 0 fully saturated rings. The van der Waals surface area contributed by atoms with Gasteiger partial charge in [0.15, 0.2) is 11.5 Å². The molecule has 0 saturated carbocycles. The minimum atomic E-state index is -3.94. The monoisotopic (exact) mass is 326 g/mol. The van der Waals surface area contributed by atoms with Crippen LogP contribution >= 0.6 is 11.6 Å². The van der Waals surface area contributed by atoms with E-state index in [1.807, 2.05) is 0 Å².